The highest BCUT2D eigenvalue weighted by Crippen LogP contribution is 2.42. The molecule has 13 heavy (non-hydrogen) atoms. The second kappa shape index (κ2) is 3.00. The molecule has 2 aliphatic rings. The second-order valence-electron chi connectivity index (χ2n) is 3.73. The van der Waals surface area contributed by atoms with Crippen LogP contribution < -0.4 is 0 Å². The van der Waals surface area contributed by atoms with E-state index in [-0.39, 0.29) is 23.9 Å². The number of aliphatic hydroxyl groups excluding tert-OH is 1. The molecule has 70 valence electrons. The molecule has 1 aliphatic carbocycles. The molecule has 2 fully saturated rings. The molecule has 0 spiro atoms. The van der Waals surface area contributed by atoms with Gasteiger partial charge >= 0.3 is 5.97 Å². The highest BCUT2D eigenvalue weighted by Gasteiger charge is 2.49. The van der Waals surface area contributed by atoms with Crippen molar-refractivity contribution in [2.75, 3.05) is 0 Å². The van der Waals surface area contributed by atoms with E-state index < -0.39 is 6.10 Å². The molecule has 0 aromatic carbocycles. The first-order valence-electron chi connectivity index (χ1n) is 4.47. The molecule has 2 rings (SSSR count). The van der Waals surface area contributed by atoms with Gasteiger partial charge in [0.2, 0.25) is 0 Å². The zero-order valence-electron chi connectivity index (χ0n) is 7.14. The third-order valence-electron chi connectivity index (χ3n) is 3.01. The highest BCUT2D eigenvalue weighted by molar-refractivity contribution is 5.72. The summed E-state index contributed by atoms with van der Waals surface area (Å²) in [4.78, 5) is 10.9. The van der Waals surface area contributed by atoms with Crippen molar-refractivity contribution in [3.05, 3.63) is 0 Å². The summed E-state index contributed by atoms with van der Waals surface area (Å²) in [6, 6.07) is 2.04. The minimum atomic E-state index is -0.470. The number of aliphatic hydroxyl groups is 1. The fourth-order valence-corrected chi connectivity index (χ4v) is 2.37. The standard InChI is InChI=1S/C9H11NO3/c10-2-1-5-6-3-9(12)13-8(6)4-7(5)11/h5-8,11H,1,3-4H2/t5-,6-,7-,8+/m1/s1. The average molecular weight is 181 g/mol. The van der Waals surface area contributed by atoms with Gasteiger partial charge in [-0.2, -0.15) is 5.26 Å². The van der Waals surface area contributed by atoms with Crippen LogP contribution in [0.5, 0.6) is 0 Å². The maximum Gasteiger partial charge on any atom is 0.306 e. The second-order valence-corrected chi connectivity index (χ2v) is 3.73. The molecule has 1 saturated carbocycles. The summed E-state index contributed by atoms with van der Waals surface area (Å²) in [6.45, 7) is 0. The summed E-state index contributed by atoms with van der Waals surface area (Å²) in [5.74, 6) is -0.187. The van der Waals surface area contributed by atoms with E-state index in [9.17, 15) is 9.90 Å². The SMILES string of the molecule is N#CC[C@@H]1[C@H]2CC(=O)O[C@H]2C[C@H]1O. The monoisotopic (exact) mass is 181 g/mol. The van der Waals surface area contributed by atoms with E-state index >= 15 is 0 Å². The largest absolute Gasteiger partial charge is 0.462 e. The lowest BCUT2D eigenvalue weighted by Gasteiger charge is -2.14. The number of fused-ring (bicyclic) bond motifs is 1. The van der Waals surface area contributed by atoms with Crippen LogP contribution in [0.15, 0.2) is 0 Å². The van der Waals surface area contributed by atoms with Gasteiger partial charge in [-0.3, -0.25) is 4.79 Å². The van der Waals surface area contributed by atoms with Crippen LogP contribution in [0.3, 0.4) is 0 Å². The van der Waals surface area contributed by atoms with Crippen molar-refractivity contribution in [1.82, 2.24) is 0 Å². The Kier molecular flexibility index (Phi) is 1.97. The molecule has 4 nitrogen and oxygen atoms in total. The van der Waals surface area contributed by atoms with Crippen molar-refractivity contribution in [3.8, 4) is 6.07 Å². The number of rotatable bonds is 1. The Labute approximate surface area is 76.1 Å². The molecule has 0 unspecified atom stereocenters. The molecule has 0 aromatic heterocycles. The Bertz CT molecular complexity index is 271. The van der Waals surface area contributed by atoms with Crippen molar-refractivity contribution in [3.63, 3.8) is 0 Å². The molecule has 0 bridgehead atoms. The van der Waals surface area contributed by atoms with Gasteiger partial charge in [0.15, 0.2) is 0 Å². The van der Waals surface area contributed by atoms with Crippen LogP contribution in [-0.4, -0.2) is 23.3 Å². The maximum atomic E-state index is 10.9. The van der Waals surface area contributed by atoms with Crippen LogP contribution in [-0.2, 0) is 9.53 Å². The lowest BCUT2D eigenvalue weighted by Crippen LogP contribution is -2.19. The predicted octanol–water partition coefficient (Wildman–Crippen LogP) is 0.213. The Morgan fingerprint density at radius 2 is 2.46 bits per heavy atom. The number of carbonyl (C=O) groups is 1. The van der Waals surface area contributed by atoms with Crippen LogP contribution in [0.1, 0.15) is 19.3 Å². The van der Waals surface area contributed by atoms with E-state index in [1.165, 1.54) is 0 Å². The third kappa shape index (κ3) is 1.29. The number of hydrogen-bond donors (Lipinski definition) is 1. The predicted molar refractivity (Wildman–Crippen MR) is 42.3 cm³/mol. The van der Waals surface area contributed by atoms with Gasteiger partial charge in [-0.1, -0.05) is 0 Å². The van der Waals surface area contributed by atoms with Gasteiger partial charge in [0, 0.05) is 24.7 Å². The van der Waals surface area contributed by atoms with Gasteiger partial charge in [-0.05, 0) is 0 Å². The number of nitriles is 1. The highest BCUT2D eigenvalue weighted by atomic mass is 16.6. The number of hydrogen-bond acceptors (Lipinski definition) is 4. The van der Waals surface area contributed by atoms with Crippen molar-refractivity contribution < 1.29 is 14.6 Å². The molecule has 1 heterocycles. The van der Waals surface area contributed by atoms with Crippen LogP contribution in [0.25, 0.3) is 0 Å². The summed E-state index contributed by atoms with van der Waals surface area (Å²) >= 11 is 0. The van der Waals surface area contributed by atoms with E-state index in [2.05, 4.69) is 0 Å². The van der Waals surface area contributed by atoms with Crippen molar-refractivity contribution in [2.45, 2.75) is 31.5 Å². The first kappa shape index (κ1) is 8.52. The molecular formula is C9H11NO3. The van der Waals surface area contributed by atoms with Crippen LogP contribution in [0.4, 0.5) is 0 Å². The first-order valence-corrected chi connectivity index (χ1v) is 4.47. The number of esters is 1. The van der Waals surface area contributed by atoms with Crippen molar-refractivity contribution in [2.24, 2.45) is 11.8 Å². The minimum absolute atomic E-state index is 0.0681. The topological polar surface area (TPSA) is 70.3 Å². The minimum Gasteiger partial charge on any atom is -0.462 e. The summed E-state index contributed by atoms with van der Waals surface area (Å²) < 4.78 is 5.02. The smallest absolute Gasteiger partial charge is 0.306 e. The first-order chi connectivity index (χ1) is 6.22. The molecule has 1 aliphatic heterocycles. The molecule has 1 saturated heterocycles. The van der Waals surface area contributed by atoms with E-state index in [1.54, 1.807) is 0 Å². The van der Waals surface area contributed by atoms with Gasteiger partial charge in [-0.25, -0.2) is 0 Å². The van der Waals surface area contributed by atoms with Crippen LogP contribution in [0, 0.1) is 23.2 Å². The Hall–Kier alpha value is -1.08. The van der Waals surface area contributed by atoms with E-state index in [0.29, 0.717) is 19.3 Å². The summed E-state index contributed by atoms with van der Waals surface area (Å²) in [7, 11) is 0. The van der Waals surface area contributed by atoms with Crippen molar-refractivity contribution in [1.29, 1.82) is 5.26 Å². The molecular weight excluding hydrogens is 170 g/mol. The molecule has 0 radical (unpaired) electrons. The van der Waals surface area contributed by atoms with Gasteiger partial charge in [0.05, 0.1) is 18.6 Å². The summed E-state index contributed by atoms with van der Waals surface area (Å²) in [6.07, 6.45) is 0.582. The zero-order valence-corrected chi connectivity index (χ0v) is 7.14. The fraction of sp³-hybridized carbons (Fsp3) is 0.778. The molecule has 0 aromatic rings. The van der Waals surface area contributed by atoms with Gasteiger partial charge < -0.3 is 9.84 Å². The maximum absolute atomic E-state index is 10.9. The Morgan fingerprint density at radius 1 is 1.69 bits per heavy atom. The number of nitrogens with zero attached hydrogens (tertiary/aromatic N) is 1. The summed E-state index contributed by atoms with van der Waals surface area (Å²) in [5, 5.41) is 18.1. The quantitative estimate of drug-likeness (QED) is 0.587. The molecule has 0 amide bonds. The molecule has 1 N–H and O–H groups in total. The lowest BCUT2D eigenvalue weighted by atomic mass is 9.90. The third-order valence-corrected chi connectivity index (χ3v) is 3.01. The number of carbonyl (C=O) groups excluding carboxylic acids is 1. The Morgan fingerprint density at radius 3 is 3.15 bits per heavy atom. The summed E-state index contributed by atoms with van der Waals surface area (Å²) in [5.41, 5.74) is 0. The zero-order chi connectivity index (χ0) is 9.42. The number of ether oxygens (including phenoxy) is 1. The van der Waals surface area contributed by atoms with Crippen LogP contribution >= 0.6 is 0 Å². The molecule has 4 atom stereocenters. The normalized spacial score (nSPS) is 42.6. The van der Waals surface area contributed by atoms with Gasteiger partial charge in [-0.15, -0.1) is 0 Å². The van der Waals surface area contributed by atoms with Gasteiger partial charge in [0.1, 0.15) is 6.10 Å². The van der Waals surface area contributed by atoms with Crippen LogP contribution in [0.2, 0.25) is 0 Å². The average Bonchev–Trinajstić information content (AvgIpc) is 2.52. The van der Waals surface area contributed by atoms with Crippen molar-refractivity contribution >= 4 is 5.97 Å². The van der Waals surface area contributed by atoms with Gasteiger partial charge in [0.25, 0.3) is 0 Å². The molecule has 4 heteroatoms. The lowest BCUT2D eigenvalue weighted by molar-refractivity contribution is -0.141. The van der Waals surface area contributed by atoms with E-state index in [1.807, 2.05) is 6.07 Å². The fourth-order valence-electron chi connectivity index (χ4n) is 2.37. The Balaban J connectivity index is 2.11. The van der Waals surface area contributed by atoms with E-state index in [0.717, 1.165) is 0 Å². The van der Waals surface area contributed by atoms with E-state index in [4.69, 9.17) is 10.00 Å².